The Kier molecular flexibility index (Phi) is 6.35. The summed E-state index contributed by atoms with van der Waals surface area (Å²) in [5, 5.41) is 0. The number of methoxy groups -OCH3 is 2. The molecule has 2 aromatic rings. The van der Waals surface area contributed by atoms with Crippen molar-refractivity contribution in [1.82, 2.24) is 4.90 Å². The monoisotopic (exact) mass is 368 g/mol. The van der Waals surface area contributed by atoms with E-state index in [0.717, 1.165) is 43.1 Å². The number of benzene rings is 2. The molecule has 5 heteroatoms. The molecule has 0 atom stereocenters. The highest BCUT2D eigenvalue weighted by Gasteiger charge is 2.21. The van der Waals surface area contributed by atoms with Crippen molar-refractivity contribution >= 4 is 5.91 Å². The Morgan fingerprint density at radius 2 is 1.78 bits per heavy atom. The Balaban J connectivity index is 1.54. The summed E-state index contributed by atoms with van der Waals surface area (Å²) < 4.78 is 11.0. The van der Waals surface area contributed by atoms with Crippen LogP contribution in [0.4, 0.5) is 0 Å². The molecule has 0 saturated carbocycles. The molecule has 1 amide bonds. The zero-order valence-corrected chi connectivity index (χ0v) is 16.1. The van der Waals surface area contributed by atoms with Crippen LogP contribution in [0.25, 0.3) is 0 Å². The summed E-state index contributed by atoms with van der Waals surface area (Å²) in [6, 6.07) is 13.7. The number of hydrogen-bond acceptors (Lipinski definition) is 4. The second-order valence-corrected chi connectivity index (χ2v) is 7.14. The Morgan fingerprint density at radius 1 is 1.07 bits per heavy atom. The van der Waals surface area contributed by atoms with Crippen LogP contribution in [0.3, 0.4) is 0 Å². The van der Waals surface area contributed by atoms with E-state index in [-0.39, 0.29) is 5.91 Å². The number of piperidine rings is 1. The predicted octanol–water partition coefficient (Wildman–Crippen LogP) is 3.26. The van der Waals surface area contributed by atoms with E-state index in [1.54, 1.807) is 14.2 Å². The van der Waals surface area contributed by atoms with Crippen molar-refractivity contribution < 1.29 is 14.3 Å². The van der Waals surface area contributed by atoms with Crippen molar-refractivity contribution in [2.24, 2.45) is 11.7 Å². The molecule has 1 aliphatic heterocycles. The normalized spacial score (nSPS) is 15.5. The fourth-order valence-electron chi connectivity index (χ4n) is 3.81. The first-order valence-electron chi connectivity index (χ1n) is 9.41. The van der Waals surface area contributed by atoms with Gasteiger partial charge in [0.05, 0.1) is 14.2 Å². The highest BCUT2D eigenvalue weighted by atomic mass is 16.5. The maximum absolute atomic E-state index is 11.2. The number of nitrogens with zero attached hydrogens (tertiary/aromatic N) is 1. The zero-order chi connectivity index (χ0) is 19.2. The van der Waals surface area contributed by atoms with E-state index in [0.29, 0.717) is 11.5 Å². The molecule has 144 valence electrons. The Labute approximate surface area is 161 Å². The largest absolute Gasteiger partial charge is 0.493 e. The van der Waals surface area contributed by atoms with E-state index in [9.17, 15) is 4.79 Å². The minimum atomic E-state index is -0.372. The number of ether oxygens (including phenoxy) is 2. The molecule has 0 aliphatic carbocycles. The van der Waals surface area contributed by atoms with E-state index >= 15 is 0 Å². The number of nitrogens with two attached hydrogens (primary N) is 1. The maximum atomic E-state index is 11.2. The van der Waals surface area contributed by atoms with Crippen LogP contribution in [0.1, 0.15) is 34.3 Å². The molecule has 5 nitrogen and oxygen atoms in total. The number of rotatable bonds is 7. The van der Waals surface area contributed by atoms with E-state index < -0.39 is 0 Å². The van der Waals surface area contributed by atoms with Gasteiger partial charge in [-0.05, 0) is 62.0 Å². The molecular formula is C22H28N2O3. The van der Waals surface area contributed by atoms with Gasteiger partial charge in [0.2, 0.25) is 5.91 Å². The standard InChI is InChI=1S/C22H28N2O3/c1-26-20-5-3-4-19(21(20)27-2)15-24-12-10-17(11-13-24)14-16-6-8-18(9-7-16)22(23)25/h3-9,17H,10-15H2,1-2H3,(H2,23,25). The third kappa shape index (κ3) is 4.80. The summed E-state index contributed by atoms with van der Waals surface area (Å²) in [4.78, 5) is 13.7. The first-order valence-corrected chi connectivity index (χ1v) is 9.41. The van der Waals surface area contributed by atoms with Gasteiger partial charge in [0, 0.05) is 17.7 Å². The summed E-state index contributed by atoms with van der Waals surface area (Å²) in [5.41, 5.74) is 8.31. The van der Waals surface area contributed by atoms with Crippen molar-refractivity contribution in [3.05, 3.63) is 59.2 Å². The van der Waals surface area contributed by atoms with E-state index in [4.69, 9.17) is 15.2 Å². The summed E-state index contributed by atoms with van der Waals surface area (Å²) in [6.45, 7) is 3.02. The van der Waals surface area contributed by atoms with Crippen LogP contribution in [0.15, 0.2) is 42.5 Å². The fraction of sp³-hybridized carbons (Fsp3) is 0.409. The van der Waals surface area contributed by atoms with E-state index in [1.165, 1.54) is 18.4 Å². The van der Waals surface area contributed by atoms with Crippen molar-refractivity contribution in [1.29, 1.82) is 0 Å². The maximum Gasteiger partial charge on any atom is 0.248 e. The topological polar surface area (TPSA) is 64.8 Å². The lowest BCUT2D eigenvalue weighted by Crippen LogP contribution is -2.34. The van der Waals surface area contributed by atoms with Gasteiger partial charge in [-0.1, -0.05) is 24.3 Å². The van der Waals surface area contributed by atoms with Gasteiger partial charge in [0.25, 0.3) is 0 Å². The van der Waals surface area contributed by atoms with Gasteiger partial charge < -0.3 is 15.2 Å². The summed E-state index contributed by atoms with van der Waals surface area (Å²) >= 11 is 0. The van der Waals surface area contributed by atoms with Crippen molar-refractivity contribution in [2.75, 3.05) is 27.3 Å². The lowest BCUT2D eigenvalue weighted by Gasteiger charge is -2.32. The van der Waals surface area contributed by atoms with Crippen LogP contribution in [0, 0.1) is 5.92 Å². The first-order chi connectivity index (χ1) is 13.1. The van der Waals surface area contributed by atoms with Crippen LogP contribution in [-0.2, 0) is 13.0 Å². The third-order valence-electron chi connectivity index (χ3n) is 5.35. The van der Waals surface area contributed by atoms with Gasteiger partial charge in [0.15, 0.2) is 11.5 Å². The molecule has 1 aliphatic rings. The van der Waals surface area contributed by atoms with Gasteiger partial charge in [0.1, 0.15) is 0 Å². The zero-order valence-electron chi connectivity index (χ0n) is 16.1. The lowest BCUT2D eigenvalue weighted by molar-refractivity contribution is 0.100. The minimum Gasteiger partial charge on any atom is -0.493 e. The summed E-state index contributed by atoms with van der Waals surface area (Å²) in [7, 11) is 3.36. The van der Waals surface area contributed by atoms with E-state index in [1.807, 2.05) is 36.4 Å². The van der Waals surface area contributed by atoms with Crippen molar-refractivity contribution in [3.63, 3.8) is 0 Å². The predicted molar refractivity (Wildman–Crippen MR) is 106 cm³/mol. The molecule has 0 spiro atoms. The van der Waals surface area contributed by atoms with Gasteiger partial charge in [-0.2, -0.15) is 0 Å². The number of likely N-dealkylation sites (tertiary alicyclic amines) is 1. The highest BCUT2D eigenvalue weighted by Crippen LogP contribution is 2.32. The number of amides is 1. The first kappa shape index (κ1) is 19.2. The fourth-order valence-corrected chi connectivity index (χ4v) is 3.81. The Hall–Kier alpha value is -2.53. The van der Waals surface area contributed by atoms with Crippen LogP contribution in [-0.4, -0.2) is 38.1 Å². The lowest BCUT2D eigenvalue weighted by atomic mass is 9.89. The number of hydrogen-bond donors (Lipinski definition) is 1. The average molecular weight is 368 g/mol. The van der Waals surface area contributed by atoms with Crippen LogP contribution < -0.4 is 15.2 Å². The molecule has 2 N–H and O–H groups in total. The third-order valence-corrected chi connectivity index (χ3v) is 5.35. The molecule has 27 heavy (non-hydrogen) atoms. The number of para-hydroxylation sites is 1. The Morgan fingerprint density at radius 3 is 2.37 bits per heavy atom. The van der Waals surface area contributed by atoms with Crippen LogP contribution >= 0.6 is 0 Å². The molecule has 3 rings (SSSR count). The van der Waals surface area contributed by atoms with E-state index in [2.05, 4.69) is 11.0 Å². The minimum absolute atomic E-state index is 0.372. The summed E-state index contributed by atoms with van der Waals surface area (Å²) in [5.74, 6) is 1.91. The number of carbonyl (C=O) groups excluding carboxylic acids is 1. The van der Waals surface area contributed by atoms with Crippen LogP contribution in [0.2, 0.25) is 0 Å². The quantitative estimate of drug-likeness (QED) is 0.815. The second kappa shape index (κ2) is 8.91. The van der Waals surface area contributed by atoms with Crippen LogP contribution in [0.5, 0.6) is 11.5 Å². The molecule has 0 unspecified atom stereocenters. The molecule has 0 bridgehead atoms. The van der Waals surface area contributed by atoms with Crippen molar-refractivity contribution in [2.45, 2.75) is 25.8 Å². The van der Waals surface area contributed by atoms with Gasteiger partial charge in [-0.3, -0.25) is 9.69 Å². The second-order valence-electron chi connectivity index (χ2n) is 7.14. The molecular weight excluding hydrogens is 340 g/mol. The smallest absolute Gasteiger partial charge is 0.248 e. The van der Waals surface area contributed by atoms with Crippen molar-refractivity contribution in [3.8, 4) is 11.5 Å². The van der Waals surface area contributed by atoms with Gasteiger partial charge in [-0.25, -0.2) is 0 Å². The molecule has 1 heterocycles. The molecule has 0 aromatic heterocycles. The summed E-state index contributed by atoms with van der Waals surface area (Å²) in [6.07, 6.45) is 3.39. The molecule has 0 radical (unpaired) electrons. The highest BCUT2D eigenvalue weighted by molar-refractivity contribution is 5.92. The molecule has 2 aromatic carbocycles. The SMILES string of the molecule is COc1cccc(CN2CCC(Cc3ccc(C(N)=O)cc3)CC2)c1OC. The molecule has 1 saturated heterocycles. The number of carbonyl (C=O) groups is 1. The number of primary amides is 1. The molecule has 1 fully saturated rings. The van der Waals surface area contributed by atoms with Gasteiger partial charge in [-0.15, -0.1) is 0 Å². The van der Waals surface area contributed by atoms with Gasteiger partial charge >= 0.3 is 0 Å². The Bertz CT molecular complexity index is 766. The average Bonchev–Trinajstić information content (AvgIpc) is 2.69.